The van der Waals surface area contributed by atoms with Gasteiger partial charge in [-0.3, -0.25) is 4.39 Å². The van der Waals surface area contributed by atoms with Crippen LogP contribution in [0.2, 0.25) is 0 Å². The molecule has 3 rings (SSSR count). The summed E-state index contributed by atoms with van der Waals surface area (Å²) in [5.41, 5.74) is 1.37. The van der Waals surface area contributed by atoms with Crippen LogP contribution in [0.25, 0.3) is 11.3 Å². The minimum absolute atomic E-state index is 0. The van der Waals surface area contributed by atoms with E-state index in [1.165, 1.54) is 13.2 Å². The molecule has 0 aliphatic rings. The number of ether oxygens (including phenoxy) is 1. The third-order valence-corrected chi connectivity index (χ3v) is 2.79. The van der Waals surface area contributed by atoms with Gasteiger partial charge in [0.15, 0.2) is 0 Å². The SMILES string of the molecule is COC(=O)c1ccccn1.Fc1ccc[c-]c1-c1ccccn1.[Ir]. The molecule has 125 valence electrons. The molecule has 0 N–H and O–H groups in total. The summed E-state index contributed by atoms with van der Waals surface area (Å²) in [5.74, 6) is -0.693. The Bertz CT molecular complexity index is 755. The summed E-state index contributed by atoms with van der Waals surface area (Å²) >= 11 is 0. The van der Waals surface area contributed by atoms with Crippen LogP contribution in [0, 0.1) is 11.9 Å². The first-order valence-corrected chi connectivity index (χ1v) is 6.79. The van der Waals surface area contributed by atoms with Crippen molar-refractivity contribution in [1.29, 1.82) is 0 Å². The van der Waals surface area contributed by atoms with Gasteiger partial charge in [0.25, 0.3) is 0 Å². The van der Waals surface area contributed by atoms with E-state index >= 15 is 0 Å². The van der Waals surface area contributed by atoms with Crippen LogP contribution in [0.3, 0.4) is 0 Å². The van der Waals surface area contributed by atoms with Gasteiger partial charge in [-0.1, -0.05) is 23.8 Å². The molecule has 0 saturated carbocycles. The smallest absolute Gasteiger partial charge is 0.356 e. The van der Waals surface area contributed by atoms with Crippen molar-refractivity contribution in [2.75, 3.05) is 7.11 Å². The number of aromatic nitrogens is 2. The molecule has 0 aliphatic carbocycles. The minimum atomic E-state index is -0.402. The molecule has 0 unspecified atom stereocenters. The molecular formula is C18H14FIrN2O2-. The number of pyridine rings is 2. The van der Waals surface area contributed by atoms with E-state index in [2.05, 4.69) is 20.8 Å². The average molecular weight is 502 g/mol. The number of halogens is 1. The van der Waals surface area contributed by atoms with Crippen LogP contribution >= 0.6 is 0 Å². The fraction of sp³-hybridized carbons (Fsp3) is 0.0556. The average Bonchev–Trinajstić information content (AvgIpc) is 2.63. The van der Waals surface area contributed by atoms with Crippen molar-refractivity contribution in [3.8, 4) is 11.3 Å². The molecule has 0 amide bonds. The number of esters is 1. The summed E-state index contributed by atoms with van der Waals surface area (Å²) in [6.07, 6.45) is 3.18. The van der Waals surface area contributed by atoms with E-state index in [1.54, 1.807) is 54.9 Å². The number of hydrogen-bond acceptors (Lipinski definition) is 4. The summed E-state index contributed by atoms with van der Waals surface area (Å²) in [7, 11) is 1.33. The van der Waals surface area contributed by atoms with Crippen molar-refractivity contribution in [2.45, 2.75) is 0 Å². The monoisotopic (exact) mass is 502 g/mol. The zero-order valence-electron chi connectivity index (χ0n) is 12.8. The van der Waals surface area contributed by atoms with Crippen molar-refractivity contribution in [3.05, 3.63) is 84.6 Å². The molecule has 0 aliphatic heterocycles. The Morgan fingerprint density at radius 1 is 1.04 bits per heavy atom. The summed E-state index contributed by atoms with van der Waals surface area (Å²) in [4.78, 5) is 18.5. The van der Waals surface area contributed by atoms with E-state index in [-0.39, 0.29) is 25.9 Å². The topological polar surface area (TPSA) is 52.1 Å². The molecule has 1 radical (unpaired) electrons. The number of carbonyl (C=O) groups is 1. The number of rotatable bonds is 2. The molecule has 0 bridgehead atoms. The molecule has 24 heavy (non-hydrogen) atoms. The number of benzene rings is 1. The first kappa shape index (κ1) is 19.6. The summed E-state index contributed by atoms with van der Waals surface area (Å²) < 4.78 is 17.6. The first-order chi connectivity index (χ1) is 11.2. The Labute approximate surface area is 153 Å². The third-order valence-electron chi connectivity index (χ3n) is 2.79. The van der Waals surface area contributed by atoms with E-state index < -0.39 is 5.97 Å². The Kier molecular flexibility index (Phi) is 8.47. The van der Waals surface area contributed by atoms with Crippen LogP contribution in [0.15, 0.2) is 67.0 Å². The maximum atomic E-state index is 13.2. The zero-order valence-corrected chi connectivity index (χ0v) is 15.2. The van der Waals surface area contributed by atoms with Crippen molar-refractivity contribution in [3.63, 3.8) is 0 Å². The van der Waals surface area contributed by atoms with E-state index in [0.717, 1.165) is 0 Å². The summed E-state index contributed by atoms with van der Waals surface area (Å²) in [5, 5.41) is 0. The predicted octanol–water partition coefficient (Wildman–Crippen LogP) is 3.55. The molecule has 2 aromatic heterocycles. The van der Waals surface area contributed by atoms with Gasteiger partial charge in [-0.25, -0.2) is 9.78 Å². The quantitative estimate of drug-likeness (QED) is 0.398. The van der Waals surface area contributed by atoms with E-state index in [4.69, 9.17) is 0 Å². The number of methoxy groups -OCH3 is 1. The Morgan fingerprint density at radius 2 is 1.75 bits per heavy atom. The van der Waals surface area contributed by atoms with Crippen LogP contribution in [0.1, 0.15) is 10.5 Å². The van der Waals surface area contributed by atoms with Crippen LogP contribution in [-0.2, 0) is 24.8 Å². The molecule has 3 aromatic rings. The standard InChI is InChI=1S/C11H7FN.C7H7NO2.Ir/c12-10-6-2-1-5-9(10)11-7-3-4-8-13-11;1-10-7(9)6-4-2-3-5-8-6;/h1-4,6-8H;2-5H,1H3;/q-1;;. The Morgan fingerprint density at radius 3 is 2.29 bits per heavy atom. The molecule has 0 fully saturated rings. The van der Waals surface area contributed by atoms with Gasteiger partial charge in [0.05, 0.1) is 7.11 Å². The van der Waals surface area contributed by atoms with E-state index in [9.17, 15) is 9.18 Å². The Balaban J connectivity index is 0.000000238. The van der Waals surface area contributed by atoms with Crippen molar-refractivity contribution < 1.29 is 34.0 Å². The predicted molar refractivity (Wildman–Crippen MR) is 84.0 cm³/mol. The maximum absolute atomic E-state index is 13.2. The van der Waals surface area contributed by atoms with Crippen molar-refractivity contribution >= 4 is 5.97 Å². The second kappa shape index (κ2) is 10.4. The molecular weight excluding hydrogens is 487 g/mol. The molecule has 0 saturated heterocycles. The van der Waals surface area contributed by atoms with Gasteiger partial charge in [0.1, 0.15) is 5.69 Å². The van der Waals surface area contributed by atoms with Crippen LogP contribution in [-0.4, -0.2) is 23.0 Å². The minimum Gasteiger partial charge on any atom is -0.464 e. The van der Waals surface area contributed by atoms with Crippen LogP contribution < -0.4 is 0 Å². The van der Waals surface area contributed by atoms with Crippen LogP contribution in [0.5, 0.6) is 0 Å². The van der Waals surface area contributed by atoms with Gasteiger partial charge in [0.2, 0.25) is 0 Å². The van der Waals surface area contributed by atoms with E-state index in [1.807, 2.05) is 6.07 Å². The van der Waals surface area contributed by atoms with Gasteiger partial charge in [0, 0.05) is 38.3 Å². The summed E-state index contributed by atoms with van der Waals surface area (Å²) in [6.45, 7) is 0. The van der Waals surface area contributed by atoms with Gasteiger partial charge < -0.3 is 9.72 Å². The number of nitrogens with zero attached hydrogens (tertiary/aromatic N) is 2. The van der Waals surface area contributed by atoms with Gasteiger partial charge in [-0.2, -0.15) is 0 Å². The van der Waals surface area contributed by atoms with Gasteiger partial charge in [-0.15, -0.1) is 24.3 Å². The third kappa shape index (κ3) is 5.65. The molecule has 1 aromatic carbocycles. The largest absolute Gasteiger partial charge is 0.464 e. The zero-order chi connectivity index (χ0) is 16.5. The first-order valence-electron chi connectivity index (χ1n) is 6.79. The Hall–Kier alpha value is -2.43. The molecule has 4 nitrogen and oxygen atoms in total. The molecule has 6 heteroatoms. The normalized spacial score (nSPS) is 9.08. The number of hydrogen-bond donors (Lipinski definition) is 0. The van der Waals surface area contributed by atoms with Crippen molar-refractivity contribution in [2.24, 2.45) is 0 Å². The second-order valence-electron chi connectivity index (χ2n) is 4.31. The molecule has 0 atom stereocenters. The molecule has 0 spiro atoms. The van der Waals surface area contributed by atoms with Crippen LogP contribution in [0.4, 0.5) is 4.39 Å². The fourth-order valence-corrected chi connectivity index (χ4v) is 1.71. The second-order valence-corrected chi connectivity index (χ2v) is 4.31. The van der Waals surface area contributed by atoms with Gasteiger partial charge >= 0.3 is 5.97 Å². The van der Waals surface area contributed by atoms with Gasteiger partial charge in [-0.05, 0) is 23.9 Å². The molecule has 2 heterocycles. The van der Waals surface area contributed by atoms with E-state index in [0.29, 0.717) is 17.0 Å². The fourth-order valence-electron chi connectivity index (χ4n) is 1.71. The number of carbonyl (C=O) groups excluding carboxylic acids is 1. The van der Waals surface area contributed by atoms with Crippen molar-refractivity contribution in [1.82, 2.24) is 9.97 Å². The summed E-state index contributed by atoms with van der Waals surface area (Å²) in [6, 6.07) is 18.0. The maximum Gasteiger partial charge on any atom is 0.356 e.